The normalized spacial score (nSPS) is 15.2. The number of unbranched alkanes of at least 4 members (excludes halogenated alkanes) is 6. The number of thiazole rings is 1. The second-order valence-electron chi connectivity index (χ2n) is 13.8. The number of aromatic nitrogens is 1. The van der Waals surface area contributed by atoms with E-state index < -0.39 is 5.97 Å². The smallest absolute Gasteiger partial charge is 0.330 e. The van der Waals surface area contributed by atoms with Gasteiger partial charge in [0.25, 0.3) is 6.47 Å². The molecule has 1 aliphatic carbocycles. The van der Waals surface area contributed by atoms with Crippen LogP contribution in [0.4, 0.5) is 5.13 Å². The summed E-state index contributed by atoms with van der Waals surface area (Å²) in [4.78, 5) is 53.4. The molecule has 1 fully saturated rings. The first kappa shape index (κ1) is 42.6. The van der Waals surface area contributed by atoms with Gasteiger partial charge in [-0.15, -0.1) is 0 Å². The number of ether oxygens (including phenoxy) is 5. The molecular formula is C44H51N3O9S. The molecule has 0 spiro atoms. The molecule has 0 saturated heterocycles. The van der Waals surface area contributed by atoms with Crippen LogP contribution in [0.15, 0.2) is 84.5 Å². The molecule has 1 aliphatic rings. The SMILES string of the molecule is C=CC(=O)OCCCCCCOc1ccc(OC(=O)C2CCC(C(=O)Oc3ccc(OC=O)c(/C=N/N(CCCCCC)c4nc5ccccc5s4)c3)CC2)cc1. The first-order valence-electron chi connectivity index (χ1n) is 19.7. The Morgan fingerprint density at radius 2 is 1.47 bits per heavy atom. The Hall–Kier alpha value is -5.56. The summed E-state index contributed by atoms with van der Waals surface area (Å²) >= 11 is 1.55. The van der Waals surface area contributed by atoms with Gasteiger partial charge < -0.3 is 23.7 Å². The van der Waals surface area contributed by atoms with E-state index in [-0.39, 0.29) is 29.5 Å². The van der Waals surface area contributed by atoms with E-state index in [2.05, 4.69) is 13.5 Å². The van der Waals surface area contributed by atoms with E-state index in [4.69, 9.17) is 33.8 Å². The first-order valence-corrected chi connectivity index (χ1v) is 20.5. The molecule has 1 heterocycles. The van der Waals surface area contributed by atoms with Gasteiger partial charge in [-0.3, -0.25) is 14.4 Å². The lowest BCUT2D eigenvalue weighted by atomic mass is 9.82. The fourth-order valence-electron chi connectivity index (χ4n) is 6.39. The molecule has 4 aromatic rings. The number of hydrogen-bond acceptors (Lipinski definition) is 13. The number of nitrogens with zero attached hydrogens (tertiary/aromatic N) is 3. The molecule has 0 bridgehead atoms. The topological polar surface area (TPSA) is 143 Å². The third-order valence-corrected chi connectivity index (χ3v) is 10.6. The summed E-state index contributed by atoms with van der Waals surface area (Å²) in [5.74, 6) is -0.118. The number of anilines is 1. The predicted octanol–water partition coefficient (Wildman–Crippen LogP) is 9.24. The zero-order valence-corrected chi connectivity index (χ0v) is 33.3. The average Bonchev–Trinajstić information content (AvgIpc) is 3.67. The Bertz CT molecular complexity index is 1920. The highest BCUT2D eigenvalue weighted by Gasteiger charge is 2.32. The minimum Gasteiger partial charge on any atom is -0.494 e. The van der Waals surface area contributed by atoms with Crippen LogP contribution in [0.5, 0.6) is 23.0 Å². The van der Waals surface area contributed by atoms with Crippen molar-refractivity contribution in [3.63, 3.8) is 0 Å². The average molecular weight is 798 g/mol. The number of hydrazone groups is 1. The van der Waals surface area contributed by atoms with Crippen molar-refractivity contribution in [1.82, 2.24) is 4.98 Å². The second kappa shape index (κ2) is 22.9. The Balaban J connectivity index is 1.09. The van der Waals surface area contributed by atoms with Gasteiger partial charge >= 0.3 is 17.9 Å². The van der Waals surface area contributed by atoms with Gasteiger partial charge in [-0.1, -0.05) is 56.2 Å². The molecular weight excluding hydrogens is 747 g/mol. The second-order valence-corrected chi connectivity index (χ2v) is 14.8. The zero-order chi connectivity index (χ0) is 40.2. The summed E-state index contributed by atoms with van der Waals surface area (Å²) in [6.07, 6.45) is 12.5. The van der Waals surface area contributed by atoms with E-state index in [1.807, 2.05) is 29.3 Å². The van der Waals surface area contributed by atoms with Crippen LogP contribution >= 0.6 is 11.3 Å². The van der Waals surface area contributed by atoms with E-state index in [0.717, 1.165) is 72.8 Å². The molecule has 0 unspecified atom stereocenters. The number of carbonyl (C=O) groups is 4. The highest BCUT2D eigenvalue weighted by molar-refractivity contribution is 7.22. The highest BCUT2D eigenvalue weighted by Crippen LogP contribution is 2.33. The van der Waals surface area contributed by atoms with Gasteiger partial charge in [0, 0.05) is 18.2 Å². The van der Waals surface area contributed by atoms with E-state index >= 15 is 0 Å². The van der Waals surface area contributed by atoms with Crippen molar-refractivity contribution in [1.29, 1.82) is 0 Å². The van der Waals surface area contributed by atoms with Crippen molar-refractivity contribution in [2.45, 2.75) is 84.0 Å². The van der Waals surface area contributed by atoms with Gasteiger partial charge in [0.05, 0.1) is 41.5 Å². The number of rotatable bonds is 23. The maximum absolute atomic E-state index is 13.3. The third kappa shape index (κ3) is 13.6. The van der Waals surface area contributed by atoms with Gasteiger partial charge in [0.2, 0.25) is 5.13 Å². The summed E-state index contributed by atoms with van der Waals surface area (Å²) in [5.41, 5.74) is 1.37. The van der Waals surface area contributed by atoms with Gasteiger partial charge in [-0.25, -0.2) is 14.8 Å². The molecule has 0 amide bonds. The monoisotopic (exact) mass is 797 g/mol. The molecule has 5 rings (SSSR count). The fourth-order valence-corrected chi connectivity index (χ4v) is 7.34. The Morgan fingerprint density at radius 1 is 0.825 bits per heavy atom. The van der Waals surface area contributed by atoms with E-state index in [1.54, 1.807) is 60.0 Å². The number of hydrogen-bond donors (Lipinski definition) is 0. The highest BCUT2D eigenvalue weighted by atomic mass is 32.1. The van der Waals surface area contributed by atoms with Gasteiger partial charge in [0.15, 0.2) is 0 Å². The number of carbonyl (C=O) groups excluding carboxylic acids is 4. The first-order chi connectivity index (χ1) is 27.9. The minimum absolute atomic E-state index is 0.277. The summed E-state index contributed by atoms with van der Waals surface area (Å²) < 4.78 is 28.5. The third-order valence-electron chi connectivity index (χ3n) is 9.59. The Kier molecular flexibility index (Phi) is 17.1. The summed E-state index contributed by atoms with van der Waals surface area (Å²) in [7, 11) is 0. The van der Waals surface area contributed by atoms with Crippen LogP contribution in [-0.2, 0) is 23.9 Å². The molecule has 0 radical (unpaired) electrons. The molecule has 1 saturated carbocycles. The molecule has 57 heavy (non-hydrogen) atoms. The maximum atomic E-state index is 13.3. The maximum Gasteiger partial charge on any atom is 0.330 e. The number of fused-ring (bicyclic) bond motifs is 1. The summed E-state index contributed by atoms with van der Waals surface area (Å²) in [5, 5.41) is 7.38. The van der Waals surface area contributed by atoms with Crippen LogP contribution in [0.2, 0.25) is 0 Å². The number of esters is 3. The number of benzene rings is 3. The van der Waals surface area contributed by atoms with Crippen molar-refractivity contribution < 1.29 is 42.9 Å². The lowest BCUT2D eigenvalue weighted by molar-refractivity contribution is -0.145. The summed E-state index contributed by atoms with van der Waals surface area (Å²) in [6, 6.07) is 19.7. The quantitative estimate of drug-likeness (QED) is 0.0135. The Morgan fingerprint density at radius 3 is 2.16 bits per heavy atom. The van der Waals surface area contributed by atoms with E-state index in [9.17, 15) is 19.2 Å². The molecule has 0 atom stereocenters. The minimum atomic E-state index is -0.402. The van der Waals surface area contributed by atoms with Gasteiger partial charge in [-0.05, 0) is 112 Å². The van der Waals surface area contributed by atoms with Crippen LogP contribution in [0.25, 0.3) is 10.2 Å². The van der Waals surface area contributed by atoms with Crippen LogP contribution in [0, 0.1) is 11.8 Å². The van der Waals surface area contributed by atoms with Crippen LogP contribution in [0.3, 0.4) is 0 Å². The molecule has 0 N–H and O–H groups in total. The summed E-state index contributed by atoms with van der Waals surface area (Å²) in [6.45, 7) is 7.50. The van der Waals surface area contributed by atoms with Crippen LogP contribution in [0.1, 0.15) is 89.5 Å². The largest absolute Gasteiger partial charge is 0.494 e. The molecule has 0 aliphatic heterocycles. The van der Waals surface area contributed by atoms with Gasteiger partial charge in [-0.2, -0.15) is 5.10 Å². The van der Waals surface area contributed by atoms with E-state index in [0.29, 0.717) is 74.7 Å². The predicted molar refractivity (Wildman–Crippen MR) is 220 cm³/mol. The van der Waals surface area contributed by atoms with E-state index in [1.165, 1.54) is 0 Å². The molecule has 12 nitrogen and oxygen atoms in total. The lowest BCUT2D eigenvalue weighted by Crippen LogP contribution is -2.30. The molecule has 13 heteroatoms. The molecule has 302 valence electrons. The fraction of sp³-hybridized carbons (Fsp3) is 0.409. The van der Waals surface area contributed by atoms with Crippen LogP contribution < -0.4 is 24.0 Å². The molecule has 1 aromatic heterocycles. The standard InChI is InChI=1S/C44H51N3O9S/c1-3-5-6-11-26-47(44-46-38-14-9-10-15-40(38)57-44)45-30-34-29-37(24-25-39(34)54-31-48)56-43(51)33-18-16-32(17-19-33)42(50)55-36-22-20-35(21-23-36)52-27-12-7-8-13-28-53-41(49)4-2/h4,9-10,14-15,20-25,29-33H,2-3,5-8,11-13,16-19,26-28H2,1H3/b45-30+. The van der Waals surface area contributed by atoms with Crippen molar-refractivity contribution in [2.24, 2.45) is 16.9 Å². The lowest BCUT2D eigenvalue weighted by Gasteiger charge is -2.25. The number of para-hydroxylation sites is 1. The zero-order valence-electron chi connectivity index (χ0n) is 32.5. The molecule has 3 aromatic carbocycles. The van der Waals surface area contributed by atoms with Crippen molar-refractivity contribution in [3.05, 3.63) is 84.9 Å². The Labute approximate surface area is 337 Å². The van der Waals surface area contributed by atoms with Crippen molar-refractivity contribution in [3.8, 4) is 23.0 Å². The van der Waals surface area contributed by atoms with Crippen molar-refractivity contribution in [2.75, 3.05) is 24.8 Å². The van der Waals surface area contributed by atoms with Gasteiger partial charge in [0.1, 0.15) is 23.0 Å². The van der Waals surface area contributed by atoms with Crippen molar-refractivity contribution >= 4 is 57.3 Å². The van der Waals surface area contributed by atoms with Crippen LogP contribution in [-0.4, -0.2) is 55.3 Å².